The van der Waals surface area contributed by atoms with Crippen molar-refractivity contribution < 1.29 is 14.4 Å². The highest BCUT2D eigenvalue weighted by atomic mass is 16.2. The maximum Gasteiger partial charge on any atom is 0.325 e. The number of nitrogens with zero attached hydrogens (tertiary/aromatic N) is 2. The average molecular weight is 398 g/mol. The zero-order valence-electron chi connectivity index (χ0n) is 17.6. The van der Waals surface area contributed by atoms with Gasteiger partial charge in [0, 0.05) is 6.54 Å². The number of likely N-dealkylation sites (tertiary alicyclic amines) is 1. The van der Waals surface area contributed by atoms with E-state index in [9.17, 15) is 14.4 Å². The minimum absolute atomic E-state index is 0.0199. The van der Waals surface area contributed by atoms with Gasteiger partial charge in [0.2, 0.25) is 5.91 Å². The van der Waals surface area contributed by atoms with Crippen LogP contribution in [0.2, 0.25) is 0 Å². The number of nitrogens with one attached hydrogen (secondary N) is 1. The van der Waals surface area contributed by atoms with E-state index in [1.54, 1.807) is 0 Å². The molecule has 1 saturated carbocycles. The monoisotopic (exact) mass is 397 g/mol. The lowest BCUT2D eigenvalue weighted by Crippen LogP contribution is -2.54. The van der Waals surface area contributed by atoms with Crippen LogP contribution in [0.5, 0.6) is 0 Å². The first-order valence-corrected chi connectivity index (χ1v) is 10.7. The average Bonchev–Trinajstić information content (AvgIpc) is 3.20. The standard InChI is InChI=1S/C23H31N3O3/c1-16-12-22(2,3)15-23(13-16)20(28)26(21(29)24-23)14-19(27)25-11-7-10-18(25)17-8-5-4-6-9-17/h4-6,8-9,16,18H,7,10-15H2,1-3H3,(H,24,29). The molecule has 1 aliphatic carbocycles. The molecule has 29 heavy (non-hydrogen) atoms. The zero-order chi connectivity index (χ0) is 20.8. The number of imide groups is 1. The van der Waals surface area contributed by atoms with Gasteiger partial charge in [-0.05, 0) is 49.0 Å². The number of rotatable bonds is 3. The molecule has 0 aromatic heterocycles. The summed E-state index contributed by atoms with van der Waals surface area (Å²) >= 11 is 0. The highest BCUT2D eigenvalue weighted by molar-refractivity contribution is 6.09. The van der Waals surface area contributed by atoms with Crippen molar-refractivity contribution in [2.45, 2.75) is 64.5 Å². The van der Waals surface area contributed by atoms with Crippen molar-refractivity contribution in [2.24, 2.45) is 11.3 Å². The number of carbonyl (C=O) groups is 3. The minimum atomic E-state index is -0.859. The second kappa shape index (κ2) is 7.15. The number of hydrogen-bond acceptors (Lipinski definition) is 3. The maximum absolute atomic E-state index is 13.3. The van der Waals surface area contributed by atoms with Crippen LogP contribution < -0.4 is 5.32 Å². The highest BCUT2D eigenvalue weighted by Gasteiger charge is 2.56. The number of benzene rings is 1. The molecular formula is C23H31N3O3. The molecule has 6 heteroatoms. The summed E-state index contributed by atoms with van der Waals surface area (Å²) in [7, 11) is 0. The molecule has 2 saturated heterocycles. The molecule has 1 spiro atoms. The van der Waals surface area contributed by atoms with Crippen molar-refractivity contribution in [1.82, 2.24) is 15.1 Å². The van der Waals surface area contributed by atoms with E-state index in [2.05, 4.69) is 26.1 Å². The Bertz CT molecular complexity index is 822. The lowest BCUT2D eigenvalue weighted by Gasteiger charge is -2.43. The summed E-state index contributed by atoms with van der Waals surface area (Å²) in [4.78, 5) is 42.1. The van der Waals surface area contributed by atoms with Gasteiger partial charge in [-0.1, -0.05) is 51.1 Å². The molecule has 0 bridgehead atoms. The van der Waals surface area contributed by atoms with E-state index in [-0.39, 0.29) is 29.8 Å². The van der Waals surface area contributed by atoms with E-state index in [4.69, 9.17) is 0 Å². The van der Waals surface area contributed by atoms with Crippen LogP contribution in [0.3, 0.4) is 0 Å². The summed E-state index contributed by atoms with van der Waals surface area (Å²) in [5, 5.41) is 2.96. The summed E-state index contributed by atoms with van der Waals surface area (Å²) in [6.07, 6.45) is 4.13. The van der Waals surface area contributed by atoms with Gasteiger partial charge in [-0.3, -0.25) is 14.5 Å². The summed E-state index contributed by atoms with van der Waals surface area (Å²) in [5.74, 6) is -0.0364. The number of carbonyl (C=O) groups excluding carboxylic acids is 3. The normalized spacial score (nSPS) is 31.4. The fraction of sp³-hybridized carbons (Fsp3) is 0.609. The molecule has 3 unspecified atom stereocenters. The molecule has 2 heterocycles. The molecule has 4 amide bonds. The quantitative estimate of drug-likeness (QED) is 0.794. The van der Waals surface area contributed by atoms with Gasteiger partial charge in [0.1, 0.15) is 12.1 Å². The third kappa shape index (κ3) is 3.65. The molecule has 2 aliphatic heterocycles. The van der Waals surface area contributed by atoms with Crippen LogP contribution in [0.15, 0.2) is 30.3 Å². The van der Waals surface area contributed by atoms with Crippen molar-refractivity contribution in [1.29, 1.82) is 0 Å². The highest BCUT2D eigenvalue weighted by Crippen LogP contribution is 2.46. The van der Waals surface area contributed by atoms with Crippen molar-refractivity contribution in [3.63, 3.8) is 0 Å². The topological polar surface area (TPSA) is 69.7 Å². The van der Waals surface area contributed by atoms with Crippen molar-refractivity contribution in [2.75, 3.05) is 13.1 Å². The Morgan fingerprint density at radius 1 is 1.17 bits per heavy atom. The van der Waals surface area contributed by atoms with Gasteiger partial charge in [0.25, 0.3) is 5.91 Å². The number of amides is 4. The van der Waals surface area contributed by atoms with Crippen molar-refractivity contribution in [3.05, 3.63) is 35.9 Å². The third-order valence-corrected chi connectivity index (χ3v) is 6.68. The maximum atomic E-state index is 13.3. The van der Waals surface area contributed by atoms with Gasteiger partial charge in [-0.15, -0.1) is 0 Å². The van der Waals surface area contributed by atoms with Crippen LogP contribution in [0.25, 0.3) is 0 Å². The predicted octanol–water partition coefficient (Wildman–Crippen LogP) is 3.49. The van der Waals surface area contributed by atoms with Crippen LogP contribution in [0, 0.1) is 11.3 Å². The van der Waals surface area contributed by atoms with Crippen molar-refractivity contribution >= 4 is 17.8 Å². The van der Waals surface area contributed by atoms with E-state index < -0.39 is 11.6 Å². The summed E-state index contributed by atoms with van der Waals surface area (Å²) in [6, 6.07) is 9.57. The first-order chi connectivity index (χ1) is 13.7. The van der Waals surface area contributed by atoms with Crippen LogP contribution in [-0.4, -0.2) is 46.3 Å². The molecule has 6 nitrogen and oxygen atoms in total. The third-order valence-electron chi connectivity index (χ3n) is 6.68. The second-order valence-corrected chi connectivity index (χ2v) is 9.91. The molecule has 3 fully saturated rings. The molecule has 3 aliphatic rings. The van der Waals surface area contributed by atoms with Crippen LogP contribution in [0.4, 0.5) is 4.79 Å². The van der Waals surface area contributed by atoms with E-state index in [0.717, 1.165) is 29.7 Å². The Morgan fingerprint density at radius 2 is 1.90 bits per heavy atom. The minimum Gasteiger partial charge on any atom is -0.334 e. The van der Waals surface area contributed by atoms with Gasteiger partial charge in [0.15, 0.2) is 0 Å². The molecule has 1 aromatic rings. The lowest BCUT2D eigenvalue weighted by molar-refractivity contribution is -0.141. The first kappa shape index (κ1) is 19.9. The van der Waals surface area contributed by atoms with Crippen LogP contribution >= 0.6 is 0 Å². The number of urea groups is 1. The molecule has 4 rings (SSSR count). The van der Waals surface area contributed by atoms with Crippen LogP contribution in [-0.2, 0) is 9.59 Å². The Balaban J connectivity index is 1.50. The Hall–Kier alpha value is -2.37. The molecule has 156 valence electrons. The Morgan fingerprint density at radius 3 is 2.59 bits per heavy atom. The largest absolute Gasteiger partial charge is 0.334 e. The van der Waals surface area contributed by atoms with E-state index in [0.29, 0.717) is 25.3 Å². The Labute approximate surface area is 172 Å². The second-order valence-electron chi connectivity index (χ2n) is 9.91. The summed E-state index contributed by atoms with van der Waals surface area (Å²) in [6.45, 7) is 6.91. The molecular weight excluding hydrogens is 366 g/mol. The van der Waals surface area contributed by atoms with Crippen molar-refractivity contribution in [3.8, 4) is 0 Å². The smallest absolute Gasteiger partial charge is 0.325 e. The Kier molecular flexibility index (Phi) is 4.91. The van der Waals surface area contributed by atoms with E-state index in [1.807, 2.05) is 35.2 Å². The van der Waals surface area contributed by atoms with Gasteiger partial charge >= 0.3 is 6.03 Å². The van der Waals surface area contributed by atoms with E-state index >= 15 is 0 Å². The predicted molar refractivity (Wildman–Crippen MR) is 110 cm³/mol. The van der Waals surface area contributed by atoms with Gasteiger partial charge in [-0.25, -0.2) is 4.79 Å². The van der Waals surface area contributed by atoms with Gasteiger partial charge in [0.05, 0.1) is 6.04 Å². The van der Waals surface area contributed by atoms with Gasteiger partial charge < -0.3 is 10.2 Å². The summed E-state index contributed by atoms with van der Waals surface area (Å²) in [5.41, 5.74) is 0.228. The van der Waals surface area contributed by atoms with Crippen LogP contribution in [0.1, 0.15) is 64.5 Å². The molecule has 3 atom stereocenters. The fourth-order valence-electron chi connectivity index (χ4n) is 5.96. The lowest BCUT2D eigenvalue weighted by atomic mass is 9.64. The molecule has 1 N–H and O–H groups in total. The molecule has 1 aromatic carbocycles. The number of hydrogen-bond donors (Lipinski definition) is 1. The first-order valence-electron chi connectivity index (χ1n) is 10.7. The zero-order valence-corrected chi connectivity index (χ0v) is 17.6. The fourth-order valence-corrected chi connectivity index (χ4v) is 5.96. The SMILES string of the molecule is CC1CC(C)(C)CC2(C1)NC(=O)N(CC(=O)N1CCCC1c1ccccc1)C2=O. The molecule has 0 radical (unpaired) electrons. The van der Waals surface area contributed by atoms with Gasteiger partial charge in [-0.2, -0.15) is 0 Å². The van der Waals surface area contributed by atoms with E-state index in [1.165, 1.54) is 0 Å². The summed E-state index contributed by atoms with van der Waals surface area (Å²) < 4.78 is 0.